The van der Waals surface area contributed by atoms with Crippen LogP contribution in [0.25, 0.3) is 0 Å². The summed E-state index contributed by atoms with van der Waals surface area (Å²) < 4.78 is 33.4. The molecular weight excluding hydrogens is 1570 g/mol. The van der Waals surface area contributed by atoms with Crippen molar-refractivity contribution in [2.45, 2.75) is 39.5 Å². The Bertz CT molecular complexity index is 1230. The van der Waals surface area contributed by atoms with Gasteiger partial charge in [0.15, 0.2) is 0 Å². The van der Waals surface area contributed by atoms with Crippen LogP contribution in [-0.4, -0.2) is 187 Å². The molecule has 0 fully saturated rings. The molecule has 0 aliphatic carbocycles. The van der Waals surface area contributed by atoms with Gasteiger partial charge in [0.25, 0.3) is 0 Å². The van der Waals surface area contributed by atoms with E-state index in [9.17, 15) is 33.6 Å². The van der Waals surface area contributed by atoms with Gasteiger partial charge in [0.1, 0.15) is 5.94 Å². The molecule has 0 aliphatic rings. The maximum atomic E-state index is 11.2. The van der Waals surface area contributed by atoms with Crippen LogP contribution in [0, 0.1) is 0 Å². The topological polar surface area (TPSA) is 184 Å². The monoisotopic (exact) mass is 1630 g/mol. The van der Waals surface area contributed by atoms with Gasteiger partial charge in [-0.1, -0.05) is 0 Å². The Morgan fingerprint density at radius 2 is 0.524 bits per heavy atom. The zero-order chi connectivity index (χ0) is 50.1. The molecule has 14 nitrogen and oxygen atoms in total. The Balaban J connectivity index is -0.000000236. The van der Waals surface area contributed by atoms with Gasteiger partial charge >= 0.3 is 419 Å². The molecule has 0 rings (SSSR count). The molecule has 0 aromatic carbocycles. The van der Waals surface area contributed by atoms with Crippen molar-refractivity contribution in [1.29, 1.82) is 0 Å². The summed E-state index contributed by atoms with van der Waals surface area (Å²) >= 11 is 20.7. The molecule has 0 spiro atoms. The van der Waals surface area contributed by atoms with Crippen molar-refractivity contribution in [3.05, 3.63) is 0 Å². The number of rotatable bonds is 26. The second kappa shape index (κ2) is 49.2. The van der Waals surface area contributed by atoms with E-state index in [-0.39, 0.29) is 88.6 Å². The predicted octanol–water partition coefficient (Wildman–Crippen LogP) is 8.56. The van der Waals surface area contributed by atoms with Crippen LogP contribution in [0.3, 0.4) is 0 Å². The molecule has 63 heavy (non-hydrogen) atoms. The number of esters is 7. The molecule has 0 atom stereocenters. The molecule has 0 aliphatic heterocycles. The second-order valence-electron chi connectivity index (χ2n) is 11.9. The van der Waals surface area contributed by atoms with Crippen LogP contribution in [0.2, 0.25) is 39.5 Å². The predicted molar refractivity (Wildman–Crippen MR) is 310 cm³/mol. The fourth-order valence-electron chi connectivity index (χ4n) is 2.13. The van der Waals surface area contributed by atoms with Gasteiger partial charge in [0.2, 0.25) is 0 Å². The second-order valence-corrected chi connectivity index (χ2v) is 124. The van der Waals surface area contributed by atoms with Crippen molar-refractivity contribution >= 4 is 277 Å². The zero-order valence-corrected chi connectivity index (χ0v) is 60.9. The average Bonchev–Trinajstić information content (AvgIpc) is 3.18. The van der Waals surface area contributed by atoms with Crippen molar-refractivity contribution in [3.8, 4) is 0 Å². The summed E-state index contributed by atoms with van der Waals surface area (Å²) in [7, 11) is 20.9. The quantitative estimate of drug-likeness (QED) is 0.0135. The van der Waals surface area contributed by atoms with E-state index in [2.05, 4.69) is 135 Å². The summed E-state index contributed by atoms with van der Waals surface area (Å²) in [5.74, 6) is 0.922. The standard InChI is InChI=1S/7C3H6O2S2.8CH3.2ClH.4Sn/c7*4-3(1-6)5-2-7;;;;;;;;;;;;;;/h7*6-7H,1-2H2;8*1H3;2*1H;;;;/q;;;;;;;;;;;;;;;;;4*+2/p-8. The van der Waals surface area contributed by atoms with E-state index in [1.54, 1.807) is 53.7 Å². The first kappa shape index (κ1) is 76.9. The number of carbonyl (C=O) groups is 7. The van der Waals surface area contributed by atoms with Crippen molar-refractivity contribution in [2.75, 3.05) is 81.8 Å². The van der Waals surface area contributed by atoms with E-state index >= 15 is 0 Å². The molecule has 0 aromatic heterocycles. The maximum absolute atomic E-state index is 11.2. The summed E-state index contributed by atoms with van der Waals surface area (Å²) in [5.41, 5.74) is 0. The van der Waals surface area contributed by atoms with Crippen LogP contribution in [0.1, 0.15) is 0 Å². The molecule has 0 radical (unpaired) electrons. The third-order valence-corrected chi connectivity index (χ3v) is 69.2. The van der Waals surface area contributed by atoms with E-state index in [4.69, 9.17) is 46.3 Å². The van der Waals surface area contributed by atoms with E-state index < -0.39 is 63.0 Å². The van der Waals surface area contributed by atoms with Crippen LogP contribution in [-0.2, 0) is 66.7 Å². The van der Waals surface area contributed by atoms with Gasteiger partial charge in [-0.25, -0.2) is 0 Å². The van der Waals surface area contributed by atoms with Crippen molar-refractivity contribution < 1.29 is 66.7 Å². The minimum atomic E-state index is -2.45. The van der Waals surface area contributed by atoms with E-state index in [1.807, 2.05) is 9.88 Å². The van der Waals surface area contributed by atoms with Crippen molar-refractivity contribution in [2.24, 2.45) is 0 Å². The van der Waals surface area contributed by atoms with E-state index in [0.717, 1.165) is 0 Å². The Labute approximate surface area is 457 Å². The third-order valence-electron chi connectivity index (χ3n) is 4.91. The Hall–Kier alpha value is 4.96. The van der Waals surface area contributed by atoms with Gasteiger partial charge in [-0.05, 0) is 0 Å². The fraction of sp³-hybridized carbons (Fsp3) is 0.759. The molecule has 0 aromatic rings. The molecule has 0 heterocycles. The molecule has 0 saturated carbocycles. The minimum absolute atomic E-state index is 0.0952. The normalized spacial score (nSPS) is 10.8. The summed E-state index contributed by atoms with van der Waals surface area (Å²) in [6, 6.07) is 0. The molecule has 374 valence electrons. The number of hydrogen-bond acceptors (Lipinski definition) is 28. The van der Waals surface area contributed by atoms with Crippen LogP contribution < -0.4 is 0 Å². The van der Waals surface area contributed by atoms with Crippen LogP contribution >= 0.6 is 173 Å². The molecule has 0 saturated heterocycles. The van der Waals surface area contributed by atoms with E-state index in [1.165, 1.54) is 0 Å². The fourth-order valence-corrected chi connectivity index (χ4v) is 40.8. The first-order valence-electron chi connectivity index (χ1n) is 17.2. The molecule has 0 unspecified atom stereocenters. The molecular formula is C29H60Cl2O14S14Sn4. The first-order chi connectivity index (χ1) is 29.0. The zero-order valence-electron chi connectivity index (χ0n) is 35.9. The van der Waals surface area contributed by atoms with Gasteiger partial charge in [-0.2, -0.15) is 12.6 Å². The number of ether oxygens (including phenoxy) is 7. The molecule has 34 heteroatoms. The van der Waals surface area contributed by atoms with Crippen LogP contribution in [0.15, 0.2) is 0 Å². The Morgan fingerprint density at radius 1 is 0.349 bits per heavy atom. The summed E-state index contributed by atoms with van der Waals surface area (Å²) in [5, 5.41) is 0. The number of halogens is 2. The van der Waals surface area contributed by atoms with E-state index in [0.29, 0.717) is 35.1 Å². The van der Waals surface area contributed by atoms with Gasteiger partial charge in [-0.15, -0.1) is 12.6 Å². The average molecular weight is 1630 g/mol. The van der Waals surface area contributed by atoms with Gasteiger partial charge in [-0.3, -0.25) is 4.79 Å². The van der Waals surface area contributed by atoms with Crippen LogP contribution in [0.5, 0.6) is 0 Å². The molecule has 0 amide bonds. The van der Waals surface area contributed by atoms with Crippen molar-refractivity contribution in [1.82, 2.24) is 0 Å². The Morgan fingerprint density at radius 3 is 0.714 bits per heavy atom. The number of hydrogen-bond donors (Lipinski definition) is 8. The summed E-state index contributed by atoms with van der Waals surface area (Å²) in [6.07, 6.45) is 0. The SMILES string of the molecule is O=C(CS)OCS.[CH3][Sn]([CH3])([Cl])[Cl].[CH3][Sn]([CH3])([S]CC(=O)OCS)[S]CC(=O)OCS.[CH3][Sn]([CH3])([S]COC(=O)CS)[S]CC(=O)OCS.[CH3][Sn]([CH3])([S]COC(=O)CS)[S]COC(=O)CS. The summed E-state index contributed by atoms with van der Waals surface area (Å²) in [4.78, 5) is 93.0. The summed E-state index contributed by atoms with van der Waals surface area (Å²) in [6.45, 7) is 0. The van der Waals surface area contributed by atoms with Gasteiger partial charge in [0.05, 0.1) is 5.75 Å². The van der Waals surface area contributed by atoms with Gasteiger partial charge < -0.3 is 4.74 Å². The Kier molecular flexibility index (Phi) is 60.0. The first-order valence-corrected chi connectivity index (χ1v) is 79.2. The number of thiol groups is 8. The molecule has 0 N–H and O–H groups in total. The van der Waals surface area contributed by atoms with Crippen molar-refractivity contribution in [3.63, 3.8) is 0 Å². The van der Waals surface area contributed by atoms with Gasteiger partial charge in [0, 0.05) is 0 Å². The molecule has 0 bridgehead atoms. The third kappa shape index (κ3) is 69.1. The van der Waals surface area contributed by atoms with Crippen LogP contribution in [0.4, 0.5) is 0 Å². The number of carbonyl (C=O) groups excluding carboxylic acids is 7.